The number of carbonyl (C=O) groups is 1. The lowest BCUT2D eigenvalue weighted by Gasteiger charge is -2.10. The standard InChI is InChI=1S/C15H13BrFNO2/c1-10-6-7-11(16)8-14(10)20-9-15(19)18-13-5-3-2-4-12(13)17/h2-8H,9H2,1H3,(H,18,19). The van der Waals surface area contributed by atoms with E-state index in [-0.39, 0.29) is 12.3 Å². The van der Waals surface area contributed by atoms with Crippen LogP contribution in [0, 0.1) is 12.7 Å². The molecule has 0 heterocycles. The molecule has 0 radical (unpaired) electrons. The molecule has 3 nitrogen and oxygen atoms in total. The molecule has 2 aromatic rings. The highest BCUT2D eigenvalue weighted by Gasteiger charge is 2.08. The van der Waals surface area contributed by atoms with Gasteiger partial charge in [0.25, 0.3) is 5.91 Å². The van der Waals surface area contributed by atoms with Gasteiger partial charge in [0.2, 0.25) is 0 Å². The molecule has 0 fully saturated rings. The number of amides is 1. The quantitative estimate of drug-likeness (QED) is 0.918. The maximum absolute atomic E-state index is 13.4. The van der Waals surface area contributed by atoms with Crippen molar-refractivity contribution in [2.24, 2.45) is 0 Å². The molecule has 0 aliphatic heterocycles. The lowest BCUT2D eigenvalue weighted by molar-refractivity contribution is -0.118. The highest BCUT2D eigenvalue weighted by atomic mass is 79.9. The Labute approximate surface area is 124 Å². The second-order valence-corrected chi connectivity index (χ2v) is 5.14. The number of carbonyl (C=O) groups excluding carboxylic acids is 1. The fraction of sp³-hybridized carbons (Fsp3) is 0.133. The van der Waals surface area contributed by atoms with Crippen molar-refractivity contribution >= 4 is 27.5 Å². The number of hydrogen-bond acceptors (Lipinski definition) is 2. The highest BCUT2D eigenvalue weighted by Crippen LogP contribution is 2.22. The molecule has 0 aromatic heterocycles. The molecule has 0 saturated heterocycles. The number of ether oxygens (including phenoxy) is 1. The topological polar surface area (TPSA) is 38.3 Å². The van der Waals surface area contributed by atoms with E-state index in [2.05, 4.69) is 21.2 Å². The summed E-state index contributed by atoms with van der Waals surface area (Å²) in [6.45, 7) is 1.71. The van der Waals surface area contributed by atoms with Crippen LogP contribution in [0.3, 0.4) is 0 Å². The van der Waals surface area contributed by atoms with Crippen LogP contribution in [-0.2, 0) is 4.79 Å². The normalized spacial score (nSPS) is 10.2. The Morgan fingerprint density at radius 1 is 1.30 bits per heavy atom. The minimum absolute atomic E-state index is 0.145. The first-order valence-electron chi connectivity index (χ1n) is 5.99. The van der Waals surface area contributed by atoms with E-state index < -0.39 is 11.7 Å². The number of aryl methyl sites for hydroxylation is 1. The Morgan fingerprint density at radius 2 is 2.05 bits per heavy atom. The van der Waals surface area contributed by atoms with Crippen molar-refractivity contribution in [3.05, 3.63) is 58.3 Å². The zero-order valence-corrected chi connectivity index (χ0v) is 12.4. The van der Waals surface area contributed by atoms with Gasteiger partial charge >= 0.3 is 0 Å². The second kappa shape index (κ2) is 6.52. The molecule has 1 amide bonds. The number of nitrogens with one attached hydrogen (secondary N) is 1. The number of para-hydroxylation sites is 1. The Kier molecular flexibility index (Phi) is 4.74. The molecule has 20 heavy (non-hydrogen) atoms. The summed E-state index contributed by atoms with van der Waals surface area (Å²) in [6.07, 6.45) is 0. The van der Waals surface area contributed by atoms with E-state index in [0.717, 1.165) is 10.0 Å². The van der Waals surface area contributed by atoms with E-state index in [9.17, 15) is 9.18 Å². The maximum Gasteiger partial charge on any atom is 0.262 e. The van der Waals surface area contributed by atoms with Gasteiger partial charge in [0.15, 0.2) is 6.61 Å². The van der Waals surface area contributed by atoms with Gasteiger partial charge in [0.1, 0.15) is 11.6 Å². The van der Waals surface area contributed by atoms with E-state index in [0.29, 0.717) is 5.75 Å². The van der Waals surface area contributed by atoms with E-state index in [1.54, 1.807) is 18.2 Å². The van der Waals surface area contributed by atoms with Crippen LogP contribution in [0.5, 0.6) is 5.75 Å². The maximum atomic E-state index is 13.4. The average molecular weight is 338 g/mol. The summed E-state index contributed by atoms with van der Waals surface area (Å²) in [4.78, 5) is 11.7. The molecule has 0 aliphatic rings. The number of benzene rings is 2. The number of halogens is 2. The molecule has 0 atom stereocenters. The van der Waals surface area contributed by atoms with Crippen molar-refractivity contribution in [1.29, 1.82) is 0 Å². The van der Waals surface area contributed by atoms with E-state index in [1.807, 2.05) is 19.1 Å². The molecule has 0 aliphatic carbocycles. The van der Waals surface area contributed by atoms with Crippen LogP contribution in [-0.4, -0.2) is 12.5 Å². The van der Waals surface area contributed by atoms with Crippen LogP contribution in [0.1, 0.15) is 5.56 Å². The first kappa shape index (κ1) is 14.5. The van der Waals surface area contributed by atoms with Gasteiger partial charge in [-0.05, 0) is 36.8 Å². The smallest absolute Gasteiger partial charge is 0.262 e. The van der Waals surface area contributed by atoms with E-state index in [1.165, 1.54) is 12.1 Å². The third kappa shape index (κ3) is 3.81. The van der Waals surface area contributed by atoms with Gasteiger partial charge in [-0.1, -0.05) is 34.1 Å². The molecule has 5 heteroatoms. The van der Waals surface area contributed by atoms with Gasteiger partial charge < -0.3 is 10.1 Å². The molecule has 0 spiro atoms. The lowest BCUT2D eigenvalue weighted by atomic mass is 10.2. The Hall–Kier alpha value is -1.88. The predicted molar refractivity (Wildman–Crippen MR) is 79.4 cm³/mol. The van der Waals surface area contributed by atoms with Gasteiger partial charge in [-0.25, -0.2) is 4.39 Å². The molecule has 0 saturated carbocycles. The second-order valence-electron chi connectivity index (χ2n) is 4.23. The first-order valence-corrected chi connectivity index (χ1v) is 6.79. The number of hydrogen-bond donors (Lipinski definition) is 1. The average Bonchev–Trinajstić information content (AvgIpc) is 2.42. The van der Waals surface area contributed by atoms with Crippen LogP contribution in [0.2, 0.25) is 0 Å². The van der Waals surface area contributed by atoms with Crippen LogP contribution < -0.4 is 10.1 Å². The molecule has 0 unspecified atom stereocenters. The Bertz CT molecular complexity index is 631. The Balaban J connectivity index is 1.96. The van der Waals surface area contributed by atoms with Crippen LogP contribution in [0.4, 0.5) is 10.1 Å². The fourth-order valence-electron chi connectivity index (χ4n) is 1.62. The van der Waals surface area contributed by atoms with Crippen LogP contribution >= 0.6 is 15.9 Å². The van der Waals surface area contributed by atoms with Crippen molar-refractivity contribution in [3.8, 4) is 5.75 Å². The minimum atomic E-state index is -0.473. The molecule has 1 N–H and O–H groups in total. The Morgan fingerprint density at radius 3 is 2.80 bits per heavy atom. The summed E-state index contributed by atoms with van der Waals surface area (Å²) in [5, 5.41) is 2.46. The zero-order valence-electron chi connectivity index (χ0n) is 10.8. The predicted octanol–water partition coefficient (Wildman–Crippen LogP) is 3.91. The number of rotatable bonds is 4. The first-order chi connectivity index (χ1) is 9.56. The van der Waals surface area contributed by atoms with Gasteiger partial charge in [-0.15, -0.1) is 0 Å². The lowest BCUT2D eigenvalue weighted by Crippen LogP contribution is -2.21. The van der Waals surface area contributed by atoms with Gasteiger partial charge in [0.05, 0.1) is 5.69 Å². The summed E-state index contributed by atoms with van der Waals surface area (Å²) >= 11 is 3.34. The van der Waals surface area contributed by atoms with Crippen molar-refractivity contribution in [2.75, 3.05) is 11.9 Å². The molecule has 0 bridgehead atoms. The molecule has 2 rings (SSSR count). The third-order valence-electron chi connectivity index (χ3n) is 2.66. The fourth-order valence-corrected chi connectivity index (χ4v) is 1.96. The molecular weight excluding hydrogens is 325 g/mol. The summed E-state index contributed by atoms with van der Waals surface area (Å²) < 4.78 is 19.7. The van der Waals surface area contributed by atoms with E-state index in [4.69, 9.17) is 4.74 Å². The molecule has 104 valence electrons. The van der Waals surface area contributed by atoms with Crippen molar-refractivity contribution in [2.45, 2.75) is 6.92 Å². The molecule has 2 aromatic carbocycles. The van der Waals surface area contributed by atoms with Crippen molar-refractivity contribution in [1.82, 2.24) is 0 Å². The van der Waals surface area contributed by atoms with Crippen molar-refractivity contribution in [3.63, 3.8) is 0 Å². The molecular formula is C15H13BrFNO2. The zero-order chi connectivity index (χ0) is 14.5. The highest BCUT2D eigenvalue weighted by molar-refractivity contribution is 9.10. The minimum Gasteiger partial charge on any atom is -0.483 e. The van der Waals surface area contributed by atoms with Gasteiger partial charge in [0, 0.05) is 4.47 Å². The van der Waals surface area contributed by atoms with Gasteiger partial charge in [-0.3, -0.25) is 4.79 Å². The summed E-state index contributed by atoms with van der Waals surface area (Å²) in [6, 6.07) is 11.6. The summed E-state index contributed by atoms with van der Waals surface area (Å²) in [7, 11) is 0. The summed E-state index contributed by atoms with van der Waals surface area (Å²) in [5.41, 5.74) is 1.07. The van der Waals surface area contributed by atoms with Crippen molar-refractivity contribution < 1.29 is 13.9 Å². The van der Waals surface area contributed by atoms with E-state index >= 15 is 0 Å². The summed E-state index contributed by atoms with van der Waals surface area (Å²) in [5.74, 6) is -0.267. The third-order valence-corrected chi connectivity index (χ3v) is 3.15. The largest absolute Gasteiger partial charge is 0.483 e. The number of anilines is 1. The SMILES string of the molecule is Cc1ccc(Br)cc1OCC(=O)Nc1ccccc1F. The monoisotopic (exact) mass is 337 g/mol. The van der Waals surface area contributed by atoms with Crippen LogP contribution in [0.25, 0.3) is 0 Å². The van der Waals surface area contributed by atoms with Gasteiger partial charge in [-0.2, -0.15) is 0 Å². The van der Waals surface area contributed by atoms with Crippen LogP contribution in [0.15, 0.2) is 46.9 Å².